The van der Waals surface area contributed by atoms with Gasteiger partial charge in [0.2, 0.25) is 0 Å². The molecule has 3 aromatic heterocycles. The Bertz CT molecular complexity index is 1340. The molecule has 5 aromatic rings. The van der Waals surface area contributed by atoms with Crippen molar-refractivity contribution in [3.8, 4) is 11.3 Å². The lowest BCUT2D eigenvalue weighted by Crippen LogP contribution is -1.98. The Morgan fingerprint density at radius 1 is 1.04 bits per heavy atom. The maximum absolute atomic E-state index is 6.56. The van der Waals surface area contributed by atoms with Crippen molar-refractivity contribution in [2.75, 3.05) is 5.32 Å². The maximum atomic E-state index is 6.56. The number of thiazole rings is 1. The third-order valence-corrected chi connectivity index (χ3v) is 5.94. The van der Waals surface area contributed by atoms with E-state index in [1.54, 1.807) is 11.3 Å². The van der Waals surface area contributed by atoms with E-state index < -0.39 is 0 Å². The van der Waals surface area contributed by atoms with Crippen LogP contribution in [0.2, 0.25) is 5.02 Å². The molecule has 0 aliphatic heterocycles. The molecule has 6 nitrogen and oxygen atoms in total. The van der Waals surface area contributed by atoms with Crippen molar-refractivity contribution < 1.29 is 0 Å². The SMILES string of the molecule is Cc1ncc(-c2cc3c(Nc4ccc5scnc5c4)ncnc3cc2Cl)n1C. The summed E-state index contributed by atoms with van der Waals surface area (Å²) in [6.45, 7) is 1.96. The molecule has 1 N–H and O–H groups in total. The molecular weight excluding hydrogens is 392 g/mol. The highest BCUT2D eigenvalue weighted by Gasteiger charge is 2.14. The van der Waals surface area contributed by atoms with Gasteiger partial charge in [0.15, 0.2) is 0 Å². The van der Waals surface area contributed by atoms with E-state index in [0.717, 1.165) is 49.7 Å². The molecule has 0 amide bonds. The molecule has 2 aromatic carbocycles. The van der Waals surface area contributed by atoms with Crippen molar-refractivity contribution in [1.82, 2.24) is 24.5 Å². The fourth-order valence-electron chi connectivity index (χ4n) is 3.20. The van der Waals surface area contributed by atoms with Crippen molar-refractivity contribution in [3.63, 3.8) is 0 Å². The number of fused-ring (bicyclic) bond motifs is 2. The Morgan fingerprint density at radius 3 is 2.75 bits per heavy atom. The molecule has 0 bridgehead atoms. The molecule has 0 fully saturated rings. The fourth-order valence-corrected chi connectivity index (χ4v) is 4.11. The molecule has 3 heterocycles. The van der Waals surface area contributed by atoms with Crippen molar-refractivity contribution in [2.24, 2.45) is 7.05 Å². The summed E-state index contributed by atoms with van der Waals surface area (Å²) in [5.41, 5.74) is 6.35. The Morgan fingerprint density at radius 2 is 1.93 bits per heavy atom. The summed E-state index contributed by atoms with van der Waals surface area (Å²) in [6.07, 6.45) is 3.37. The van der Waals surface area contributed by atoms with Crippen molar-refractivity contribution in [1.29, 1.82) is 0 Å². The van der Waals surface area contributed by atoms with E-state index in [1.165, 1.54) is 6.33 Å². The molecule has 28 heavy (non-hydrogen) atoms. The predicted octanol–water partition coefficient (Wildman–Crippen LogP) is 5.35. The highest BCUT2D eigenvalue weighted by atomic mass is 35.5. The number of aryl methyl sites for hydroxylation is 1. The molecule has 0 spiro atoms. The van der Waals surface area contributed by atoms with Gasteiger partial charge in [-0.05, 0) is 37.3 Å². The lowest BCUT2D eigenvalue weighted by molar-refractivity contribution is 0.865. The van der Waals surface area contributed by atoms with E-state index in [4.69, 9.17) is 11.6 Å². The number of halogens is 1. The summed E-state index contributed by atoms with van der Waals surface area (Å²) in [4.78, 5) is 17.6. The number of imidazole rings is 1. The van der Waals surface area contributed by atoms with Crippen molar-refractivity contribution in [3.05, 3.63) is 59.2 Å². The van der Waals surface area contributed by atoms with Crippen LogP contribution in [0.15, 0.2) is 48.4 Å². The number of rotatable bonds is 3. The number of nitrogens with zero attached hydrogens (tertiary/aromatic N) is 5. The molecule has 138 valence electrons. The first-order valence-electron chi connectivity index (χ1n) is 8.63. The monoisotopic (exact) mass is 406 g/mol. The third kappa shape index (κ3) is 2.80. The number of nitrogens with one attached hydrogen (secondary N) is 1. The average Bonchev–Trinajstić information content (AvgIpc) is 3.28. The van der Waals surface area contributed by atoms with Gasteiger partial charge in [0.25, 0.3) is 0 Å². The van der Waals surface area contributed by atoms with E-state index in [9.17, 15) is 0 Å². The zero-order chi connectivity index (χ0) is 19.3. The maximum Gasteiger partial charge on any atom is 0.141 e. The molecule has 5 rings (SSSR count). The van der Waals surface area contributed by atoms with Crippen LogP contribution in [-0.4, -0.2) is 24.5 Å². The average molecular weight is 407 g/mol. The minimum atomic E-state index is 0.629. The molecule has 0 unspecified atom stereocenters. The summed E-state index contributed by atoms with van der Waals surface area (Å²) in [7, 11) is 1.97. The molecular formula is C20H15ClN6S. The Hall–Kier alpha value is -3.03. The lowest BCUT2D eigenvalue weighted by atomic mass is 10.1. The van der Waals surface area contributed by atoms with Crippen molar-refractivity contribution in [2.45, 2.75) is 6.92 Å². The standard InChI is InChI=1S/C20H15ClN6S/c1-11-22-8-18(27(11)2)13-6-14-16(7-15(13)21)23-9-24-20(14)26-12-3-4-19-17(5-12)25-10-28-19/h3-10H,1-2H3,(H,23,24,26). The van der Waals surface area contributed by atoms with Crippen LogP contribution in [0.4, 0.5) is 11.5 Å². The Labute approximate surface area is 169 Å². The first-order chi connectivity index (χ1) is 13.6. The van der Waals surface area contributed by atoms with Crippen LogP contribution in [0.25, 0.3) is 32.4 Å². The van der Waals surface area contributed by atoms with Gasteiger partial charge in [0.05, 0.1) is 38.2 Å². The summed E-state index contributed by atoms with van der Waals surface area (Å²) < 4.78 is 3.17. The van der Waals surface area contributed by atoms with Gasteiger partial charge in [0.1, 0.15) is 18.0 Å². The minimum absolute atomic E-state index is 0.629. The molecule has 0 saturated heterocycles. The number of aromatic nitrogens is 5. The van der Waals surface area contributed by atoms with Crippen LogP contribution in [0, 0.1) is 6.92 Å². The summed E-state index contributed by atoms with van der Waals surface area (Å²) in [5, 5.41) is 4.91. The molecule has 0 saturated carbocycles. The first kappa shape index (κ1) is 17.1. The number of hydrogen-bond donors (Lipinski definition) is 1. The first-order valence-corrected chi connectivity index (χ1v) is 9.89. The van der Waals surface area contributed by atoms with E-state index >= 15 is 0 Å². The lowest BCUT2D eigenvalue weighted by Gasteiger charge is -2.12. The second kappa shape index (κ2) is 6.54. The summed E-state index contributed by atoms with van der Waals surface area (Å²) >= 11 is 8.18. The molecule has 0 aliphatic rings. The van der Waals surface area contributed by atoms with Gasteiger partial charge < -0.3 is 9.88 Å². The van der Waals surface area contributed by atoms with E-state index in [0.29, 0.717) is 5.02 Å². The van der Waals surface area contributed by atoms with Crippen LogP contribution in [0.3, 0.4) is 0 Å². The van der Waals surface area contributed by atoms with E-state index in [2.05, 4.69) is 31.3 Å². The zero-order valence-corrected chi connectivity index (χ0v) is 16.7. The number of benzene rings is 2. The molecule has 0 radical (unpaired) electrons. The van der Waals surface area contributed by atoms with Gasteiger partial charge in [-0.15, -0.1) is 11.3 Å². The Balaban J connectivity index is 1.64. The van der Waals surface area contributed by atoms with Crippen LogP contribution in [0.1, 0.15) is 5.82 Å². The summed E-state index contributed by atoms with van der Waals surface area (Å²) in [5.74, 6) is 1.64. The second-order valence-corrected chi connectivity index (χ2v) is 7.77. The van der Waals surface area contributed by atoms with Crippen LogP contribution >= 0.6 is 22.9 Å². The fraction of sp³-hybridized carbons (Fsp3) is 0.100. The zero-order valence-electron chi connectivity index (χ0n) is 15.1. The van der Waals surface area contributed by atoms with E-state index in [-0.39, 0.29) is 0 Å². The highest BCUT2D eigenvalue weighted by Crippen LogP contribution is 2.34. The number of anilines is 2. The number of hydrogen-bond acceptors (Lipinski definition) is 6. The topological polar surface area (TPSA) is 68.5 Å². The smallest absolute Gasteiger partial charge is 0.141 e. The van der Waals surface area contributed by atoms with Gasteiger partial charge in [0, 0.05) is 23.7 Å². The largest absolute Gasteiger partial charge is 0.340 e. The van der Waals surface area contributed by atoms with Gasteiger partial charge in [-0.3, -0.25) is 0 Å². The highest BCUT2D eigenvalue weighted by molar-refractivity contribution is 7.16. The third-order valence-electron chi connectivity index (χ3n) is 4.81. The second-order valence-electron chi connectivity index (χ2n) is 6.48. The molecule has 0 atom stereocenters. The van der Waals surface area contributed by atoms with Crippen molar-refractivity contribution >= 4 is 55.6 Å². The summed E-state index contributed by atoms with van der Waals surface area (Å²) in [6, 6.07) is 9.97. The predicted molar refractivity (Wildman–Crippen MR) is 114 cm³/mol. The van der Waals surface area contributed by atoms with Gasteiger partial charge in [-0.25, -0.2) is 19.9 Å². The van der Waals surface area contributed by atoms with Crippen LogP contribution < -0.4 is 5.32 Å². The van der Waals surface area contributed by atoms with Crippen LogP contribution in [-0.2, 0) is 7.05 Å². The Kier molecular flexibility index (Phi) is 3.99. The molecule has 8 heteroatoms. The molecule has 0 aliphatic carbocycles. The normalized spacial score (nSPS) is 11.4. The van der Waals surface area contributed by atoms with Gasteiger partial charge in [-0.2, -0.15) is 0 Å². The van der Waals surface area contributed by atoms with E-state index in [1.807, 2.05) is 54.5 Å². The van der Waals surface area contributed by atoms with Gasteiger partial charge >= 0.3 is 0 Å². The quantitative estimate of drug-likeness (QED) is 0.437. The van der Waals surface area contributed by atoms with Crippen LogP contribution in [0.5, 0.6) is 0 Å². The minimum Gasteiger partial charge on any atom is -0.340 e. The van der Waals surface area contributed by atoms with Gasteiger partial charge in [-0.1, -0.05) is 11.6 Å².